The fourth-order valence-electron chi connectivity index (χ4n) is 3.09. The van der Waals surface area contributed by atoms with E-state index in [0.29, 0.717) is 17.4 Å². The lowest BCUT2D eigenvalue weighted by molar-refractivity contribution is -0.385. The predicted octanol–water partition coefficient (Wildman–Crippen LogP) is 6.44. The SMILES string of the molecule is O=C(O)C(Cc1ccccc1[N+](=O)[O-])N=Nc1nc(-c2ccc(OCCCCCBr)cc2)cs1. The minimum absolute atomic E-state index is 0.146. The molecule has 0 saturated heterocycles. The molecule has 0 bridgehead atoms. The van der Waals surface area contributed by atoms with E-state index < -0.39 is 16.9 Å². The van der Waals surface area contributed by atoms with Gasteiger partial charge in [0.1, 0.15) is 5.75 Å². The van der Waals surface area contributed by atoms with Crippen LogP contribution < -0.4 is 4.74 Å². The Kier molecular flexibility index (Phi) is 9.65. The summed E-state index contributed by atoms with van der Waals surface area (Å²) in [5.41, 5.74) is 1.70. The number of hydrogen-bond donors (Lipinski definition) is 1. The highest BCUT2D eigenvalue weighted by Gasteiger charge is 2.22. The minimum atomic E-state index is -1.26. The fourth-order valence-corrected chi connectivity index (χ4v) is 4.14. The second kappa shape index (κ2) is 12.9. The van der Waals surface area contributed by atoms with Gasteiger partial charge in [-0.05, 0) is 43.5 Å². The molecule has 0 aliphatic heterocycles. The van der Waals surface area contributed by atoms with Crippen LogP contribution in [0.3, 0.4) is 0 Å². The first-order chi connectivity index (χ1) is 16.5. The number of aromatic nitrogens is 1. The van der Waals surface area contributed by atoms with Crippen molar-refractivity contribution >= 4 is 44.1 Å². The summed E-state index contributed by atoms with van der Waals surface area (Å²) in [7, 11) is 0. The molecule has 3 aromatic rings. The molecule has 1 heterocycles. The molecule has 3 rings (SSSR count). The number of nitro benzene ring substituents is 1. The first-order valence-electron chi connectivity index (χ1n) is 10.6. The second-order valence-corrected chi connectivity index (χ2v) is 8.93. The first-order valence-corrected chi connectivity index (χ1v) is 12.6. The van der Waals surface area contributed by atoms with E-state index >= 15 is 0 Å². The van der Waals surface area contributed by atoms with E-state index in [1.165, 1.54) is 29.5 Å². The van der Waals surface area contributed by atoms with Gasteiger partial charge < -0.3 is 9.84 Å². The summed E-state index contributed by atoms with van der Waals surface area (Å²) in [4.78, 5) is 26.7. The summed E-state index contributed by atoms with van der Waals surface area (Å²) in [5, 5.41) is 31.7. The summed E-state index contributed by atoms with van der Waals surface area (Å²) in [6, 6.07) is 12.3. The van der Waals surface area contributed by atoms with Crippen LogP contribution in [0, 0.1) is 10.1 Å². The van der Waals surface area contributed by atoms with Gasteiger partial charge in [0.15, 0.2) is 6.04 Å². The van der Waals surface area contributed by atoms with Crippen molar-refractivity contribution in [1.82, 2.24) is 4.98 Å². The van der Waals surface area contributed by atoms with Crippen LogP contribution >= 0.6 is 27.3 Å². The second-order valence-electron chi connectivity index (χ2n) is 7.30. The Morgan fingerprint density at radius 2 is 1.94 bits per heavy atom. The lowest BCUT2D eigenvalue weighted by Crippen LogP contribution is -2.20. The van der Waals surface area contributed by atoms with Crippen LogP contribution in [0.4, 0.5) is 10.8 Å². The molecule has 2 aromatic carbocycles. The van der Waals surface area contributed by atoms with Crippen LogP contribution in [-0.2, 0) is 11.2 Å². The van der Waals surface area contributed by atoms with Crippen molar-refractivity contribution in [2.24, 2.45) is 10.2 Å². The lowest BCUT2D eigenvalue weighted by Gasteiger charge is -2.06. The van der Waals surface area contributed by atoms with Crippen LogP contribution in [0.25, 0.3) is 11.3 Å². The summed E-state index contributed by atoms with van der Waals surface area (Å²) in [5.74, 6) is -0.432. The molecule has 0 aliphatic carbocycles. The van der Waals surface area contributed by atoms with Crippen LogP contribution in [-0.4, -0.2) is 39.0 Å². The average molecular weight is 547 g/mol. The molecule has 0 fully saturated rings. The Bertz CT molecular complexity index is 1140. The molecule has 178 valence electrons. The van der Waals surface area contributed by atoms with Gasteiger partial charge in [-0.15, -0.1) is 16.5 Å². The summed E-state index contributed by atoms with van der Waals surface area (Å²) < 4.78 is 5.74. The van der Waals surface area contributed by atoms with E-state index in [1.54, 1.807) is 6.07 Å². The van der Waals surface area contributed by atoms with E-state index in [9.17, 15) is 20.0 Å². The maximum absolute atomic E-state index is 11.6. The van der Waals surface area contributed by atoms with E-state index in [0.717, 1.165) is 35.9 Å². The smallest absolute Gasteiger partial charge is 0.330 e. The maximum atomic E-state index is 11.6. The number of nitro groups is 1. The van der Waals surface area contributed by atoms with Gasteiger partial charge in [-0.3, -0.25) is 10.1 Å². The number of hydrogen-bond acceptors (Lipinski definition) is 8. The molecule has 0 saturated carbocycles. The molecule has 0 aliphatic rings. The van der Waals surface area contributed by atoms with Crippen molar-refractivity contribution in [3.05, 3.63) is 69.6 Å². The van der Waals surface area contributed by atoms with Gasteiger partial charge in [0.2, 0.25) is 5.13 Å². The Balaban J connectivity index is 1.63. The van der Waals surface area contributed by atoms with Gasteiger partial charge in [0, 0.05) is 34.3 Å². The van der Waals surface area contributed by atoms with Crippen molar-refractivity contribution < 1.29 is 19.6 Å². The number of nitrogens with zero attached hydrogens (tertiary/aromatic N) is 4. The van der Waals surface area contributed by atoms with Crippen LogP contribution in [0.5, 0.6) is 5.75 Å². The normalized spacial score (nSPS) is 12.0. The topological polar surface area (TPSA) is 127 Å². The molecule has 1 atom stereocenters. The zero-order valence-electron chi connectivity index (χ0n) is 18.2. The monoisotopic (exact) mass is 546 g/mol. The molecular weight excluding hydrogens is 524 g/mol. The fraction of sp³-hybridized carbons (Fsp3) is 0.304. The van der Waals surface area contributed by atoms with E-state index in [1.807, 2.05) is 29.6 Å². The third-order valence-corrected chi connectivity index (χ3v) is 6.14. The number of azo groups is 1. The number of unbranched alkanes of at least 4 members (excludes halogenated alkanes) is 2. The third-order valence-electron chi connectivity index (χ3n) is 4.86. The molecule has 1 N–H and O–H groups in total. The number of ether oxygens (including phenoxy) is 1. The molecule has 0 amide bonds. The number of rotatable bonds is 13. The third kappa shape index (κ3) is 7.42. The van der Waals surface area contributed by atoms with Crippen molar-refractivity contribution in [2.75, 3.05) is 11.9 Å². The number of thiazole rings is 1. The van der Waals surface area contributed by atoms with Crippen LogP contribution in [0.1, 0.15) is 24.8 Å². The molecule has 1 unspecified atom stereocenters. The molecule has 34 heavy (non-hydrogen) atoms. The van der Waals surface area contributed by atoms with Gasteiger partial charge in [0.05, 0.1) is 17.2 Å². The van der Waals surface area contributed by atoms with Gasteiger partial charge in [0.25, 0.3) is 5.69 Å². The quantitative estimate of drug-likeness (QED) is 0.0862. The van der Waals surface area contributed by atoms with Crippen molar-refractivity contribution in [3.8, 4) is 17.0 Å². The lowest BCUT2D eigenvalue weighted by atomic mass is 10.0. The summed E-state index contributed by atoms with van der Waals surface area (Å²) in [6.07, 6.45) is 3.10. The van der Waals surface area contributed by atoms with Gasteiger partial charge in [-0.2, -0.15) is 5.11 Å². The Morgan fingerprint density at radius 1 is 1.18 bits per heavy atom. The molecule has 0 spiro atoms. The standard InChI is InChI=1S/C23H23BrN4O5S/c24-12-4-1-5-13-33-18-10-8-16(9-11-18)20-15-34-23(25-20)27-26-19(22(29)30)14-17-6-2-3-7-21(17)28(31)32/h2-3,6-11,15,19H,1,4-5,12-14H2,(H,29,30). The highest BCUT2D eigenvalue weighted by Crippen LogP contribution is 2.29. The predicted molar refractivity (Wildman–Crippen MR) is 133 cm³/mol. The number of carboxylic acids is 1. The summed E-state index contributed by atoms with van der Waals surface area (Å²) in [6.45, 7) is 0.671. The molecule has 0 radical (unpaired) electrons. The van der Waals surface area contributed by atoms with E-state index in [-0.39, 0.29) is 17.7 Å². The van der Waals surface area contributed by atoms with Crippen LogP contribution in [0.2, 0.25) is 0 Å². The molecule has 11 heteroatoms. The highest BCUT2D eigenvalue weighted by atomic mass is 79.9. The Labute approximate surface area is 208 Å². The van der Waals surface area contributed by atoms with Crippen molar-refractivity contribution in [1.29, 1.82) is 0 Å². The molecule has 9 nitrogen and oxygen atoms in total. The number of aliphatic carboxylic acids is 1. The Hall–Kier alpha value is -3.18. The van der Waals surface area contributed by atoms with Crippen LogP contribution in [0.15, 0.2) is 64.1 Å². The minimum Gasteiger partial charge on any atom is -0.494 e. The zero-order chi connectivity index (χ0) is 24.3. The number of carbonyl (C=O) groups is 1. The number of carboxylic acid groups (broad SMARTS) is 1. The average Bonchev–Trinajstić information content (AvgIpc) is 3.31. The first kappa shape index (κ1) is 25.4. The van der Waals surface area contributed by atoms with Crippen molar-refractivity contribution in [3.63, 3.8) is 0 Å². The van der Waals surface area contributed by atoms with E-state index in [4.69, 9.17) is 4.74 Å². The summed E-state index contributed by atoms with van der Waals surface area (Å²) >= 11 is 4.65. The Morgan fingerprint density at radius 3 is 2.65 bits per heavy atom. The van der Waals surface area contributed by atoms with Gasteiger partial charge in [-0.25, -0.2) is 9.78 Å². The highest BCUT2D eigenvalue weighted by molar-refractivity contribution is 9.09. The largest absolute Gasteiger partial charge is 0.494 e. The van der Waals surface area contributed by atoms with E-state index in [2.05, 4.69) is 31.1 Å². The van der Waals surface area contributed by atoms with Gasteiger partial charge in [-0.1, -0.05) is 34.1 Å². The zero-order valence-corrected chi connectivity index (χ0v) is 20.6. The van der Waals surface area contributed by atoms with Gasteiger partial charge >= 0.3 is 5.97 Å². The number of alkyl halides is 1. The number of halogens is 1. The number of para-hydroxylation sites is 1. The maximum Gasteiger partial charge on any atom is 0.330 e. The molecule has 1 aromatic heterocycles. The molecular formula is C23H23BrN4O5S. The van der Waals surface area contributed by atoms with Crippen molar-refractivity contribution in [2.45, 2.75) is 31.7 Å². The number of benzene rings is 2.